The predicted octanol–water partition coefficient (Wildman–Crippen LogP) is 5.00. The van der Waals surface area contributed by atoms with Crippen molar-refractivity contribution in [1.82, 2.24) is 19.4 Å². The lowest BCUT2D eigenvalue weighted by Crippen LogP contribution is -2.55. The molecule has 214 valence electrons. The van der Waals surface area contributed by atoms with E-state index in [0.29, 0.717) is 36.2 Å². The van der Waals surface area contributed by atoms with Crippen LogP contribution in [0.2, 0.25) is 5.02 Å². The number of halogens is 2. The molecule has 11 heteroatoms. The molecule has 2 aromatic heterocycles. The van der Waals surface area contributed by atoms with E-state index in [1.165, 1.54) is 6.07 Å². The van der Waals surface area contributed by atoms with Gasteiger partial charge in [0.05, 0.1) is 29.7 Å². The lowest BCUT2D eigenvalue weighted by molar-refractivity contribution is 0.0697. The summed E-state index contributed by atoms with van der Waals surface area (Å²) in [5, 5.41) is 9.84. The Morgan fingerprint density at radius 2 is 1.98 bits per heavy atom. The highest BCUT2D eigenvalue weighted by Crippen LogP contribution is 2.45. The summed E-state index contributed by atoms with van der Waals surface area (Å²) in [6.07, 6.45) is 2.16. The maximum Gasteiger partial charge on any atom is 0.335 e. The van der Waals surface area contributed by atoms with Gasteiger partial charge in [-0.3, -0.25) is 4.90 Å². The van der Waals surface area contributed by atoms with Crippen molar-refractivity contribution in [1.29, 1.82) is 0 Å². The maximum absolute atomic E-state index is 14.2. The lowest BCUT2D eigenvalue weighted by atomic mass is 10.1. The number of piperazine rings is 1. The molecule has 9 nitrogen and oxygen atoms in total. The normalized spacial score (nSPS) is 16.4. The molecule has 0 atom stereocenters. The first kappa shape index (κ1) is 27.4. The van der Waals surface area contributed by atoms with Crippen LogP contribution >= 0.6 is 11.6 Å². The first-order valence-electron chi connectivity index (χ1n) is 13.6. The van der Waals surface area contributed by atoms with Crippen LogP contribution in [0.1, 0.15) is 34.6 Å². The van der Waals surface area contributed by atoms with E-state index >= 15 is 0 Å². The summed E-state index contributed by atoms with van der Waals surface area (Å²) in [7, 11) is 1.66. The molecule has 6 rings (SSSR count). The minimum Gasteiger partial charge on any atom is -0.478 e. The molecule has 1 saturated heterocycles. The van der Waals surface area contributed by atoms with Crippen molar-refractivity contribution in [2.24, 2.45) is 0 Å². The molecule has 2 aliphatic rings. The minimum atomic E-state index is -0.957. The molecule has 2 aromatic carbocycles. The number of methoxy groups -OCH3 is 1. The number of aromatic carboxylic acids is 1. The molecule has 1 saturated carbocycles. The van der Waals surface area contributed by atoms with E-state index in [9.17, 15) is 14.3 Å². The maximum atomic E-state index is 14.2. The Kier molecular flexibility index (Phi) is 7.54. The van der Waals surface area contributed by atoms with Crippen LogP contribution in [0.3, 0.4) is 0 Å². The van der Waals surface area contributed by atoms with Gasteiger partial charge in [-0.05, 0) is 49.2 Å². The quantitative estimate of drug-likeness (QED) is 0.281. The molecule has 1 aliphatic carbocycles. The number of imidazole rings is 1. The summed E-state index contributed by atoms with van der Waals surface area (Å²) in [4.78, 5) is 26.0. The largest absolute Gasteiger partial charge is 0.478 e. The van der Waals surface area contributed by atoms with Gasteiger partial charge in [0.2, 0.25) is 5.88 Å². The smallest absolute Gasteiger partial charge is 0.335 e. The van der Waals surface area contributed by atoms with E-state index < -0.39 is 11.8 Å². The van der Waals surface area contributed by atoms with E-state index in [1.807, 2.05) is 12.1 Å². The zero-order valence-corrected chi connectivity index (χ0v) is 23.5. The highest BCUT2D eigenvalue weighted by Gasteiger charge is 2.51. The molecule has 1 aliphatic heterocycles. The Morgan fingerprint density at radius 3 is 2.73 bits per heavy atom. The molecule has 4 aromatic rings. The highest BCUT2D eigenvalue weighted by atomic mass is 35.5. The van der Waals surface area contributed by atoms with Crippen molar-refractivity contribution in [2.75, 3.05) is 38.3 Å². The number of hydrogen-bond acceptors (Lipinski definition) is 7. The Balaban J connectivity index is 1.17. The SMILES string of the molecule is COCCn1c(CN2CCN(c3cccc(OCc4ccc(Cl)cc4F)n3)CC23CC3)nc2ccc(C(=O)O)cc21. The van der Waals surface area contributed by atoms with Gasteiger partial charge in [0.1, 0.15) is 24.1 Å². The van der Waals surface area contributed by atoms with E-state index in [0.717, 1.165) is 55.2 Å². The van der Waals surface area contributed by atoms with Crippen molar-refractivity contribution in [3.8, 4) is 5.88 Å². The molecule has 3 heterocycles. The van der Waals surface area contributed by atoms with E-state index in [4.69, 9.17) is 31.0 Å². The Hall–Kier alpha value is -3.73. The summed E-state index contributed by atoms with van der Waals surface area (Å²) >= 11 is 5.86. The van der Waals surface area contributed by atoms with Crippen LogP contribution in [0.4, 0.5) is 10.2 Å². The van der Waals surface area contributed by atoms with Gasteiger partial charge in [-0.1, -0.05) is 23.7 Å². The Labute approximate surface area is 242 Å². The monoisotopic (exact) mass is 579 g/mol. The fourth-order valence-corrected chi connectivity index (χ4v) is 5.71. The molecule has 1 N–H and O–H groups in total. The number of ether oxygens (including phenoxy) is 2. The van der Waals surface area contributed by atoms with Gasteiger partial charge in [0, 0.05) is 55.5 Å². The molecule has 0 unspecified atom stereocenters. The van der Waals surface area contributed by atoms with Gasteiger partial charge < -0.3 is 24.0 Å². The molecule has 0 radical (unpaired) electrons. The molecular formula is C30H31ClFN5O4. The lowest BCUT2D eigenvalue weighted by Gasteiger charge is -2.42. The van der Waals surface area contributed by atoms with Crippen LogP contribution in [0.25, 0.3) is 11.0 Å². The number of carboxylic acid groups (broad SMARTS) is 1. The average Bonchev–Trinajstić information content (AvgIpc) is 3.65. The summed E-state index contributed by atoms with van der Waals surface area (Å²) in [6.45, 7) is 4.27. The van der Waals surface area contributed by atoms with Crippen molar-refractivity contribution < 1.29 is 23.8 Å². The number of rotatable bonds is 10. The van der Waals surface area contributed by atoms with E-state index in [2.05, 4.69) is 14.4 Å². The highest BCUT2D eigenvalue weighted by molar-refractivity contribution is 6.30. The third-order valence-corrected chi connectivity index (χ3v) is 8.21. The number of benzene rings is 2. The molecule has 0 bridgehead atoms. The number of aromatic nitrogens is 3. The van der Waals surface area contributed by atoms with Gasteiger partial charge >= 0.3 is 5.97 Å². The third-order valence-electron chi connectivity index (χ3n) is 7.97. The number of hydrogen-bond donors (Lipinski definition) is 1. The second-order valence-electron chi connectivity index (χ2n) is 10.6. The van der Waals surface area contributed by atoms with Crippen molar-refractivity contribution in [3.05, 3.63) is 82.4 Å². The zero-order valence-electron chi connectivity index (χ0n) is 22.7. The van der Waals surface area contributed by atoms with Gasteiger partial charge in [0.15, 0.2) is 0 Å². The van der Waals surface area contributed by atoms with Crippen LogP contribution in [-0.2, 0) is 24.4 Å². The van der Waals surface area contributed by atoms with Crippen LogP contribution in [0.5, 0.6) is 5.88 Å². The minimum absolute atomic E-state index is 0.0275. The van der Waals surface area contributed by atoms with Crippen molar-refractivity contribution in [2.45, 2.75) is 38.1 Å². The van der Waals surface area contributed by atoms with Crippen LogP contribution in [0, 0.1) is 5.82 Å². The van der Waals surface area contributed by atoms with E-state index in [-0.39, 0.29) is 17.7 Å². The van der Waals surface area contributed by atoms with Crippen molar-refractivity contribution >= 4 is 34.4 Å². The predicted molar refractivity (Wildman–Crippen MR) is 153 cm³/mol. The van der Waals surface area contributed by atoms with Crippen LogP contribution in [-0.4, -0.2) is 69.4 Å². The third kappa shape index (κ3) is 5.72. The van der Waals surface area contributed by atoms with Gasteiger partial charge in [-0.25, -0.2) is 14.2 Å². The van der Waals surface area contributed by atoms with Crippen LogP contribution in [0.15, 0.2) is 54.6 Å². The van der Waals surface area contributed by atoms with Gasteiger partial charge in [-0.15, -0.1) is 0 Å². The number of pyridine rings is 1. The number of anilines is 1. The summed E-state index contributed by atoms with van der Waals surface area (Å²) in [5.74, 6) is 0.817. The summed E-state index contributed by atoms with van der Waals surface area (Å²) in [5.41, 5.74) is 2.28. The standard InChI is InChI=1S/C30H31ClFN5O4/c1-40-14-13-37-25-15-20(29(38)39)6-8-24(25)33-27(37)17-36-12-11-35(19-30(36)9-10-30)26-3-2-4-28(34-26)41-18-21-5-7-22(31)16-23(21)32/h2-8,15-16H,9-14,17-19H2,1H3,(H,38,39). The van der Waals surface area contributed by atoms with Gasteiger partial charge in [0.25, 0.3) is 0 Å². The Bertz CT molecular complexity index is 1590. The van der Waals surface area contributed by atoms with E-state index in [1.54, 1.807) is 43.5 Å². The molecule has 41 heavy (non-hydrogen) atoms. The molecule has 1 spiro atoms. The first-order valence-corrected chi connectivity index (χ1v) is 14.0. The van der Waals surface area contributed by atoms with Gasteiger partial charge in [-0.2, -0.15) is 4.98 Å². The molecular weight excluding hydrogens is 549 g/mol. The fraction of sp³-hybridized carbons (Fsp3) is 0.367. The zero-order chi connectivity index (χ0) is 28.6. The summed E-state index contributed by atoms with van der Waals surface area (Å²) < 4.78 is 27.4. The topological polar surface area (TPSA) is 93.0 Å². The first-order chi connectivity index (χ1) is 19.8. The average molecular weight is 580 g/mol. The number of carbonyl (C=O) groups is 1. The molecule has 0 amide bonds. The Morgan fingerprint density at radius 1 is 1.12 bits per heavy atom. The van der Waals surface area contributed by atoms with Crippen LogP contribution < -0.4 is 9.64 Å². The van der Waals surface area contributed by atoms with Crippen molar-refractivity contribution in [3.63, 3.8) is 0 Å². The second-order valence-corrected chi connectivity index (χ2v) is 11.0. The number of carboxylic acids is 1. The summed E-state index contributed by atoms with van der Waals surface area (Å²) in [6, 6.07) is 15.3. The fourth-order valence-electron chi connectivity index (χ4n) is 5.55. The molecule has 2 fully saturated rings. The second kappa shape index (κ2) is 11.3. The number of fused-ring (bicyclic) bond motifs is 1. The number of nitrogens with zero attached hydrogens (tertiary/aromatic N) is 5.